The summed E-state index contributed by atoms with van der Waals surface area (Å²) in [6.45, 7) is 10.6. The average molecular weight is 485 g/mol. The molecule has 0 radical (unpaired) electrons. The first-order valence-electron chi connectivity index (χ1n) is 12.3. The van der Waals surface area contributed by atoms with Crippen LogP contribution in [0, 0.1) is 0 Å². The normalized spacial score (nSPS) is 17.4. The van der Waals surface area contributed by atoms with Crippen LogP contribution < -0.4 is 15.7 Å². The van der Waals surface area contributed by atoms with Crippen LogP contribution in [0.25, 0.3) is 11.1 Å². The van der Waals surface area contributed by atoms with Gasteiger partial charge in [-0.1, -0.05) is 36.9 Å². The van der Waals surface area contributed by atoms with Crippen LogP contribution in [0.5, 0.6) is 0 Å². The molecule has 9 heteroatoms. The molecule has 1 fully saturated rings. The van der Waals surface area contributed by atoms with E-state index in [1.54, 1.807) is 7.05 Å². The Kier molecular flexibility index (Phi) is 6.92. The molecule has 2 aliphatic rings. The van der Waals surface area contributed by atoms with E-state index in [1.165, 1.54) is 0 Å². The summed E-state index contributed by atoms with van der Waals surface area (Å²) >= 11 is 0. The number of allylic oxidation sites excluding steroid dienone is 2. The Morgan fingerprint density at radius 3 is 2.72 bits per heavy atom. The van der Waals surface area contributed by atoms with Gasteiger partial charge in [0, 0.05) is 68.2 Å². The third kappa shape index (κ3) is 5.07. The van der Waals surface area contributed by atoms with Crippen molar-refractivity contribution in [2.75, 3.05) is 52.1 Å². The fourth-order valence-electron chi connectivity index (χ4n) is 4.74. The second kappa shape index (κ2) is 10.4. The maximum atomic E-state index is 6.55. The van der Waals surface area contributed by atoms with Crippen molar-refractivity contribution in [3.05, 3.63) is 77.9 Å². The highest BCUT2D eigenvalue weighted by Crippen LogP contribution is 2.36. The summed E-state index contributed by atoms with van der Waals surface area (Å²) in [6.07, 6.45) is 4.43. The molecule has 3 aromatic rings. The van der Waals surface area contributed by atoms with Crippen LogP contribution in [0.3, 0.4) is 0 Å². The van der Waals surface area contributed by atoms with E-state index in [0.717, 1.165) is 78.8 Å². The second-order valence-electron chi connectivity index (χ2n) is 9.38. The number of rotatable bonds is 7. The van der Waals surface area contributed by atoms with Gasteiger partial charge in [0.1, 0.15) is 0 Å². The van der Waals surface area contributed by atoms with Crippen molar-refractivity contribution in [2.24, 2.45) is 10.7 Å². The molecule has 9 nitrogen and oxygen atoms in total. The number of hydrogen-bond acceptors (Lipinski definition) is 7. The standard InChI is InChI=1S/C27H33N9/c1-19-17-22(28)24(25(29-2)20-7-5-4-6-8-20)26-21(19)18-30-27(32-26)31-23-9-10-36(33-23)16-15-35-13-11-34(3)12-14-35/h4-10,18H,1,11-17H2,2-3H3,(H3,28,29,30,31,32,33)/p+1. The van der Waals surface area contributed by atoms with Crippen LogP contribution >= 0.6 is 0 Å². The van der Waals surface area contributed by atoms with Gasteiger partial charge < -0.3 is 16.0 Å². The number of aromatic nitrogens is 4. The van der Waals surface area contributed by atoms with Crippen LogP contribution in [-0.2, 0) is 6.54 Å². The van der Waals surface area contributed by atoms with Crippen LogP contribution in [-0.4, -0.2) is 77.4 Å². The minimum Gasteiger partial charge on any atom is -0.401 e. The van der Waals surface area contributed by atoms with E-state index in [0.29, 0.717) is 18.1 Å². The largest absolute Gasteiger partial charge is 0.401 e. The Balaban J connectivity index is 1.35. The molecule has 4 N–H and O–H groups in total. The average Bonchev–Trinajstić information content (AvgIpc) is 3.33. The first-order chi connectivity index (χ1) is 17.5. The second-order valence-corrected chi connectivity index (χ2v) is 9.38. The van der Waals surface area contributed by atoms with Crippen LogP contribution in [0.1, 0.15) is 23.2 Å². The van der Waals surface area contributed by atoms with E-state index in [1.807, 2.05) is 48.8 Å². The summed E-state index contributed by atoms with van der Waals surface area (Å²) in [5.74, 6) is 1.32. The minimum absolute atomic E-state index is 0.491. The number of nitrogens with two attached hydrogens (primary N) is 1. The smallest absolute Gasteiger partial charge is 0.229 e. The first kappa shape index (κ1) is 23.9. The van der Waals surface area contributed by atoms with Gasteiger partial charge in [0.05, 0.1) is 24.0 Å². The molecule has 186 valence electrons. The summed E-state index contributed by atoms with van der Waals surface area (Å²) in [6, 6.07) is 12.1. The topological polar surface area (TPSA) is 102 Å². The lowest BCUT2D eigenvalue weighted by atomic mass is 9.86. The Hall–Kier alpha value is -3.82. The lowest BCUT2D eigenvalue weighted by molar-refractivity contribution is -0.748. The molecule has 36 heavy (non-hydrogen) atoms. The van der Waals surface area contributed by atoms with Crippen LogP contribution in [0.2, 0.25) is 0 Å². The minimum atomic E-state index is 0.491. The molecular weight excluding hydrogens is 450 g/mol. The number of aliphatic imine (C=N–C) groups is 1. The van der Waals surface area contributed by atoms with Crippen molar-refractivity contribution < 1.29 is 4.68 Å². The highest BCUT2D eigenvalue weighted by molar-refractivity contribution is 6.33. The Morgan fingerprint density at radius 1 is 1.19 bits per heavy atom. The highest BCUT2D eigenvalue weighted by atomic mass is 15.3. The molecule has 2 aromatic heterocycles. The van der Waals surface area contributed by atoms with E-state index in [4.69, 9.17) is 10.7 Å². The zero-order chi connectivity index (χ0) is 25.1. The zero-order valence-electron chi connectivity index (χ0n) is 21.0. The molecule has 0 spiro atoms. The predicted molar refractivity (Wildman–Crippen MR) is 144 cm³/mol. The summed E-state index contributed by atoms with van der Waals surface area (Å²) < 4.78 is 2.08. The molecule has 0 amide bonds. The van der Waals surface area contributed by atoms with Crippen molar-refractivity contribution in [2.45, 2.75) is 13.0 Å². The summed E-state index contributed by atoms with van der Waals surface area (Å²) in [5, 5.41) is 6.70. The first-order valence-corrected chi connectivity index (χ1v) is 12.3. The molecule has 1 saturated heterocycles. The molecule has 1 aromatic carbocycles. The van der Waals surface area contributed by atoms with Gasteiger partial charge in [0.15, 0.2) is 18.6 Å². The number of anilines is 2. The highest BCUT2D eigenvalue weighted by Gasteiger charge is 2.27. The number of aromatic amines is 1. The number of hydrogen-bond donors (Lipinski definition) is 3. The van der Waals surface area contributed by atoms with E-state index in [-0.39, 0.29) is 0 Å². The molecular formula is C27H34N9+. The molecule has 0 unspecified atom stereocenters. The molecule has 0 atom stereocenters. The van der Waals surface area contributed by atoms with Gasteiger partial charge in [-0.05, 0) is 12.6 Å². The summed E-state index contributed by atoms with van der Waals surface area (Å²) in [7, 11) is 3.96. The molecule has 3 heterocycles. The molecule has 1 aliphatic heterocycles. The maximum Gasteiger partial charge on any atom is 0.229 e. The van der Waals surface area contributed by atoms with Crippen molar-refractivity contribution >= 4 is 28.6 Å². The fourth-order valence-corrected chi connectivity index (χ4v) is 4.74. The maximum absolute atomic E-state index is 6.55. The summed E-state index contributed by atoms with van der Waals surface area (Å²) in [5.41, 5.74) is 12.5. The molecule has 1 aliphatic carbocycles. The third-order valence-corrected chi connectivity index (χ3v) is 6.82. The van der Waals surface area contributed by atoms with E-state index in [9.17, 15) is 0 Å². The van der Waals surface area contributed by atoms with Crippen molar-refractivity contribution in [3.8, 4) is 0 Å². The van der Waals surface area contributed by atoms with Crippen LogP contribution in [0.4, 0.5) is 11.8 Å². The Bertz CT molecular complexity index is 1300. The molecule has 0 bridgehead atoms. The number of fused-ring (bicyclic) bond motifs is 1. The van der Waals surface area contributed by atoms with Crippen LogP contribution in [0.15, 0.2) is 66.1 Å². The molecule has 5 rings (SSSR count). The Morgan fingerprint density at radius 2 is 1.97 bits per heavy atom. The SMILES string of the molecule is C=C1CC(N)=C(C(=NC)c2ccccc2)c2nc(Nc3cc[n+](CCN4CCN(C)CC4)[nH]3)ncc21. The summed E-state index contributed by atoms with van der Waals surface area (Å²) in [4.78, 5) is 18.9. The van der Waals surface area contributed by atoms with Gasteiger partial charge >= 0.3 is 0 Å². The van der Waals surface area contributed by atoms with Gasteiger partial charge in [0.2, 0.25) is 5.95 Å². The number of likely N-dealkylation sites (N-methyl/N-ethyl adjacent to an activating group) is 1. The number of piperazine rings is 1. The van der Waals surface area contributed by atoms with Crippen molar-refractivity contribution in [1.29, 1.82) is 0 Å². The van der Waals surface area contributed by atoms with E-state index >= 15 is 0 Å². The number of nitrogens with zero attached hydrogens (tertiary/aromatic N) is 6. The zero-order valence-corrected chi connectivity index (χ0v) is 21.0. The van der Waals surface area contributed by atoms with Gasteiger partial charge in [0.25, 0.3) is 0 Å². The predicted octanol–water partition coefficient (Wildman–Crippen LogP) is 2.29. The lowest BCUT2D eigenvalue weighted by Gasteiger charge is -2.31. The van der Waals surface area contributed by atoms with Crippen molar-refractivity contribution in [3.63, 3.8) is 0 Å². The van der Waals surface area contributed by atoms with Crippen molar-refractivity contribution in [1.82, 2.24) is 24.9 Å². The fraction of sp³-hybridized carbons (Fsp3) is 0.333. The third-order valence-electron chi connectivity index (χ3n) is 6.82. The van der Waals surface area contributed by atoms with Gasteiger partial charge in [-0.3, -0.25) is 9.89 Å². The van der Waals surface area contributed by atoms with Gasteiger partial charge in [-0.2, -0.15) is 0 Å². The number of nitrogens with one attached hydrogen (secondary N) is 2. The lowest BCUT2D eigenvalue weighted by Crippen LogP contribution is -2.48. The van der Waals surface area contributed by atoms with E-state index in [2.05, 4.69) is 48.5 Å². The monoisotopic (exact) mass is 484 g/mol. The Labute approximate surface area is 212 Å². The number of benzene rings is 1. The van der Waals surface area contributed by atoms with E-state index < -0.39 is 0 Å². The van der Waals surface area contributed by atoms with Gasteiger partial charge in [-0.15, -0.1) is 9.78 Å². The number of H-pyrrole nitrogens is 1. The quantitative estimate of drug-likeness (QED) is 0.351. The molecule has 0 saturated carbocycles. The van der Waals surface area contributed by atoms with Gasteiger partial charge in [-0.25, -0.2) is 9.97 Å².